The molecule has 9 nitrogen and oxygen atoms in total. The summed E-state index contributed by atoms with van der Waals surface area (Å²) in [4.78, 5) is 29.2. The highest BCUT2D eigenvalue weighted by molar-refractivity contribution is 5.95. The van der Waals surface area contributed by atoms with Gasteiger partial charge in [0.25, 0.3) is 5.91 Å². The highest BCUT2D eigenvalue weighted by Gasteiger charge is 2.49. The molecule has 3 saturated heterocycles. The van der Waals surface area contributed by atoms with Gasteiger partial charge >= 0.3 is 6.18 Å². The third-order valence-electron chi connectivity index (χ3n) is 9.84. The topological polar surface area (TPSA) is 96.9 Å². The number of aromatic nitrogens is 2. The van der Waals surface area contributed by atoms with Crippen molar-refractivity contribution in [3.63, 3.8) is 0 Å². The molecule has 6 rings (SSSR count). The van der Waals surface area contributed by atoms with Crippen molar-refractivity contribution in [2.24, 2.45) is 5.92 Å². The zero-order valence-electron chi connectivity index (χ0n) is 28.5. The molecule has 268 valence electrons. The van der Waals surface area contributed by atoms with Crippen molar-refractivity contribution in [1.82, 2.24) is 25.3 Å². The summed E-state index contributed by atoms with van der Waals surface area (Å²) in [5.41, 5.74) is 2.37. The summed E-state index contributed by atoms with van der Waals surface area (Å²) in [5, 5.41) is 11.3. The summed E-state index contributed by atoms with van der Waals surface area (Å²) >= 11 is 0. The molecule has 0 aliphatic carbocycles. The van der Waals surface area contributed by atoms with E-state index in [1.165, 1.54) is 17.0 Å². The lowest BCUT2D eigenvalue weighted by atomic mass is 9.92. The van der Waals surface area contributed by atoms with E-state index in [4.69, 9.17) is 9.47 Å². The van der Waals surface area contributed by atoms with Gasteiger partial charge in [-0.15, -0.1) is 0 Å². The molecular weight excluding hydrogens is 654 g/mol. The van der Waals surface area contributed by atoms with Crippen molar-refractivity contribution in [2.45, 2.75) is 89.6 Å². The summed E-state index contributed by atoms with van der Waals surface area (Å²) in [6, 6.07) is 10.5. The molecule has 0 radical (unpaired) electrons. The van der Waals surface area contributed by atoms with Crippen LogP contribution in [0.25, 0.3) is 11.3 Å². The lowest BCUT2D eigenvalue weighted by molar-refractivity contribution is -0.203. The molecule has 3 unspecified atom stereocenters. The molecule has 13 heteroatoms. The normalized spacial score (nSPS) is 22.3. The lowest BCUT2D eigenvalue weighted by Crippen LogP contribution is -2.59. The van der Waals surface area contributed by atoms with Gasteiger partial charge in [-0.25, -0.2) is 4.39 Å². The molecular formula is C37H43F4N5O4. The molecule has 0 bridgehead atoms. The first-order valence-corrected chi connectivity index (χ1v) is 17.3. The maximum atomic E-state index is 15.7. The lowest BCUT2D eigenvalue weighted by Gasteiger charge is -2.45. The Morgan fingerprint density at radius 2 is 1.80 bits per heavy atom. The van der Waals surface area contributed by atoms with Crippen molar-refractivity contribution >= 4 is 11.8 Å². The van der Waals surface area contributed by atoms with E-state index in [-0.39, 0.29) is 54.6 Å². The van der Waals surface area contributed by atoms with E-state index in [1.807, 2.05) is 32.9 Å². The zero-order valence-corrected chi connectivity index (χ0v) is 28.5. The van der Waals surface area contributed by atoms with Crippen LogP contribution in [-0.4, -0.2) is 82.4 Å². The molecule has 1 N–H and O–H groups in total. The van der Waals surface area contributed by atoms with Crippen LogP contribution in [0.2, 0.25) is 0 Å². The fourth-order valence-corrected chi connectivity index (χ4v) is 7.09. The van der Waals surface area contributed by atoms with Gasteiger partial charge in [0.05, 0.1) is 17.0 Å². The van der Waals surface area contributed by atoms with Crippen LogP contribution >= 0.6 is 0 Å². The Bertz CT molecular complexity index is 1660. The largest absolute Gasteiger partial charge is 0.457 e. The second-order valence-corrected chi connectivity index (χ2v) is 14.0. The molecule has 0 saturated carbocycles. The fourth-order valence-electron chi connectivity index (χ4n) is 7.09. The number of halogens is 4. The number of ether oxygens (including phenoxy) is 2. The molecule has 2 aromatic carbocycles. The van der Waals surface area contributed by atoms with Gasteiger partial charge in [-0.3, -0.25) is 14.5 Å². The van der Waals surface area contributed by atoms with E-state index in [0.717, 1.165) is 11.3 Å². The van der Waals surface area contributed by atoms with E-state index in [1.54, 1.807) is 29.2 Å². The van der Waals surface area contributed by atoms with Crippen LogP contribution in [0.1, 0.15) is 80.4 Å². The molecule has 3 aliphatic heterocycles. The number of hydrogen-bond donors (Lipinski definition) is 1. The van der Waals surface area contributed by atoms with E-state index in [0.29, 0.717) is 62.4 Å². The van der Waals surface area contributed by atoms with E-state index >= 15 is 4.39 Å². The predicted molar refractivity (Wildman–Crippen MR) is 178 cm³/mol. The molecule has 4 heterocycles. The number of carbonyl (C=O) groups excluding carboxylic acids is 2. The molecule has 3 aromatic rings. The smallest absolute Gasteiger partial charge is 0.404 e. The van der Waals surface area contributed by atoms with Crippen LogP contribution < -0.4 is 10.1 Å². The number of benzene rings is 2. The summed E-state index contributed by atoms with van der Waals surface area (Å²) in [6.45, 7) is 7.60. The number of hydrogen-bond acceptors (Lipinski definition) is 7. The number of piperidine rings is 1. The average molecular weight is 698 g/mol. The number of rotatable bonds is 9. The van der Waals surface area contributed by atoms with Gasteiger partial charge in [-0.1, -0.05) is 20.8 Å². The minimum Gasteiger partial charge on any atom is -0.457 e. The zero-order chi connectivity index (χ0) is 35.6. The second kappa shape index (κ2) is 15.0. The minimum absolute atomic E-state index is 0.0639. The Labute approximate surface area is 289 Å². The fraction of sp³-hybridized carbons (Fsp3) is 0.514. The Kier molecular flexibility index (Phi) is 10.7. The van der Waals surface area contributed by atoms with Crippen LogP contribution in [-0.2, 0) is 16.1 Å². The third-order valence-corrected chi connectivity index (χ3v) is 9.84. The van der Waals surface area contributed by atoms with Crippen molar-refractivity contribution < 1.29 is 36.6 Å². The van der Waals surface area contributed by atoms with Crippen molar-refractivity contribution in [1.29, 1.82) is 0 Å². The van der Waals surface area contributed by atoms with Crippen molar-refractivity contribution in [3.8, 4) is 22.8 Å². The van der Waals surface area contributed by atoms with Crippen LogP contribution in [0, 0.1) is 11.7 Å². The van der Waals surface area contributed by atoms with Crippen LogP contribution in [0.3, 0.4) is 0 Å². The second-order valence-electron chi connectivity index (χ2n) is 14.0. The predicted octanol–water partition coefficient (Wildman–Crippen LogP) is 6.87. The number of nitrogens with zero attached hydrogens (tertiary/aromatic N) is 4. The Morgan fingerprint density at radius 3 is 2.42 bits per heavy atom. The molecule has 3 aliphatic rings. The van der Waals surface area contributed by atoms with Crippen molar-refractivity contribution in [2.75, 3.05) is 26.3 Å². The summed E-state index contributed by atoms with van der Waals surface area (Å²) in [5.74, 6) is -0.787. The van der Waals surface area contributed by atoms with Gasteiger partial charge < -0.3 is 19.7 Å². The van der Waals surface area contributed by atoms with Gasteiger partial charge in [0.2, 0.25) is 5.91 Å². The maximum absolute atomic E-state index is 15.7. The van der Waals surface area contributed by atoms with Crippen LogP contribution in [0.4, 0.5) is 17.6 Å². The highest BCUT2D eigenvalue weighted by atomic mass is 19.4. The monoisotopic (exact) mass is 697 g/mol. The SMILES string of the molecule is CC1CC(=O)N(Cc2cc(F)c(C(=O)NC3CCN(C4CCOCC4)C(C(F)(F)F)C3)cc2Oc2ccc(-c3ccc(C(C)C)nn3)cc2)C1. The quantitative estimate of drug-likeness (QED) is 0.244. The molecule has 0 spiro atoms. The minimum atomic E-state index is -4.49. The molecule has 1 aromatic heterocycles. The van der Waals surface area contributed by atoms with E-state index < -0.39 is 30.0 Å². The van der Waals surface area contributed by atoms with Crippen LogP contribution in [0.15, 0.2) is 48.5 Å². The Morgan fingerprint density at radius 1 is 1.06 bits per heavy atom. The summed E-state index contributed by atoms with van der Waals surface area (Å²) < 4.78 is 70.0. The maximum Gasteiger partial charge on any atom is 0.404 e. The van der Waals surface area contributed by atoms with E-state index in [2.05, 4.69) is 15.5 Å². The van der Waals surface area contributed by atoms with Gasteiger partial charge in [0.15, 0.2) is 0 Å². The summed E-state index contributed by atoms with van der Waals surface area (Å²) in [6.07, 6.45) is -3.09. The number of amides is 2. The summed E-state index contributed by atoms with van der Waals surface area (Å²) in [7, 11) is 0. The Balaban J connectivity index is 1.22. The number of nitrogens with one attached hydrogen (secondary N) is 1. The first-order chi connectivity index (χ1) is 23.9. The third kappa shape index (κ3) is 8.26. The molecule has 2 amide bonds. The standard InChI is InChI=1S/C37H43F4N5O4/c1-22(2)31-8-9-32(44-43-31)24-4-6-28(7-5-24)50-33-19-29(30(38)17-25(33)21-45-20-23(3)16-35(45)47)36(48)42-26-10-13-46(27-11-14-49-15-12-27)34(18-26)37(39,40)41/h4-9,17,19,22-23,26-27,34H,10-16,18,20-21H2,1-3H3,(H,42,48). The van der Waals surface area contributed by atoms with Gasteiger partial charge in [0.1, 0.15) is 23.4 Å². The van der Waals surface area contributed by atoms with Crippen molar-refractivity contribution in [3.05, 3.63) is 71.2 Å². The molecule has 3 atom stereocenters. The van der Waals surface area contributed by atoms with Gasteiger partial charge in [-0.2, -0.15) is 23.4 Å². The highest BCUT2D eigenvalue weighted by Crippen LogP contribution is 2.36. The average Bonchev–Trinajstić information content (AvgIpc) is 3.41. The van der Waals surface area contributed by atoms with E-state index in [9.17, 15) is 22.8 Å². The molecule has 50 heavy (non-hydrogen) atoms. The van der Waals surface area contributed by atoms with Gasteiger partial charge in [-0.05, 0) is 86.1 Å². The number of carbonyl (C=O) groups is 2. The van der Waals surface area contributed by atoms with Gasteiger partial charge in [0, 0.05) is 62.5 Å². The number of likely N-dealkylation sites (tertiary alicyclic amines) is 2. The Hall–Kier alpha value is -4.10. The molecule has 3 fully saturated rings. The van der Waals surface area contributed by atoms with Crippen LogP contribution in [0.5, 0.6) is 11.5 Å². The first-order valence-electron chi connectivity index (χ1n) is 17.3. The number of alkyl halides is 3. The first kappa shape index (κ1) is 35.7.